The second kappa shape index (κ2) is 6.66. The molecule has 0 N–H and O–H groups in total. The molecule has 0 bridgehead atoms. The van der Waals surface area contributed by atoms with Gasteiger partial charge in [-0.1, -0.05) is 20.3 Å². The number of nitrogens with zero attached hydrogens (tertiary/aromatic N) is 2. The van der Waals surface area contributed by atoms with Gasteiger partial charge in [-0.3, -0.25) is 9.69 Å². The molecular weight excluding hydrogens is 264 g/mol. The van der Waals surface area contributed by atoms with Crippen LogP contribution in [0.5, 0.6) is 0 Å². The van der Waals surface area contributed by atoms with Crippen LogP contribution in [0, 0.1) is 5.41 Å². The number of ether oxygens (including phenoxy) is 1. The van der Waals surface area contributed by atoms with E-state index in [1.807, 2.05) is 6.92 Å². The molecule has 2 aliphatic rings. The van der Waals surface area contributed by atoms with E-state index in [1.165, 1.54) is 12.8 Å². The maximum absolute atomic E-state index is 12.2. The van der Waals surface area contributed by atoms with Crippen LogP contribution in [0.15, 0.2) is 0 Å². The predicted octanol–water partition coefficient (Wildman–Crippen LogP) is 2.53. The summed E-state index contributed by atoms with van der Waals surface area (Å²) in [5, 5.41) is 0. The van der Waals surface area contributed by atoms with Crippen LogP contribution in [0.2, 0.25) is 0 Å². The zero-order chi connectivity index (χ0) is 15.5. The fourth-order valence-corrected chi connectivity index (χ4v) is 4.26. The number of piperazine rings is 1. The number of hydrogen-bond donors (Lipinski definition) is 0. The predicted molar refractivity (Wildman–Crippen MR) is 85.3 cm³/mol. The number of esters is 1. The van der Waals surface area contributed by atoms with Crippen molar-refractivity contribution in [1.82, 2.24) is 9.80 Å². The van der Waals surface area contributed by atoms with Crippen LogP contribution < -0.4 is 0 Å². The average Bonchev–Trinajstić information content (AvgIpc) is 2.38. The van der Waals surface area contributed by atoms with Crippen molar-refractivity contribution in [1.29, 1.82) is 0 Å². The van der Waals surface area contributed by atoms with Gasteiger partial charge in [0.15, 0.2) is 0 Å². The van der Waals surface area contributed by atoms with Crippen molar-refractivity contribution in [3.05, 3.63) is 0 Å². The molecule has 1 saturated heterocycles. The first-order chi connectivity index (χ1) is 9.87. The lowest BCUT2D eigenvalue weighted by Gasteiger charge is -2.53. The van der Waals surface area contributed by atoms with Crippen LogP contribution in [0.25, 0.3) is 0 Å². The maximum atomic E-state index is 12.2. The molecule has 1 aliphatic heterocycles. The molecule has 1 aliphatic carbocycles. The summed E-state index contributed by atoms with van der Waals surface area (Å²) >= 11 is 0. The number of carbonyl (C=O) groups is 1. The molecule has 1 saturated carbocycles. The van der Waals surface area contributed by atoms with Crippen LogP contribution in [-0.2, 0) is 9.53 Å². The van der Waals surface area contributed by atoms with Crippen molar-refractivity contribution in [2.45, 2.75) is 58.4 Å². The van der Waals surface area contributed by atoms with Gasteiger partial charge in [-0.25, -0.2) is 0 Å². The smallest absolute Gasteiger partial charge is 0.307 e. The third kappa shape index (κ3) is 4.19. The Bertz CT molecular complexity index is 362. The molecule has 0 spiro atoms. The fourth-order valence-electron chi connectivity index (χ4n) is 4.26. The lowest BCUT2D eigenvalue weighted by Crippen LogP contribution is -2.59. The third-order valence-electron chi connectivity index (χ3n) is 5.26. The highest BCUT2D eigenvalue weighted by molar-refractivity contribution is 5.71. The van der Waals surface area contributed by atoms with Crippen LogP contribution >= 0.6 is 0 Å². The van der Waals surface area contributed by atoms with E-state index in [0.29, 0.717) is 18.4 Å². The molecule has 1 heterocycles. The SMILES string of the molecule is CCOC(=O)CC1(N2CCN(C)CC2)CCCC(C)(C)C1. The lowest BCUT2D eigenvalue weighted by molar-refractivity contribution is -0.149. The number of likely N-dealkylation sites (N-methyl/N-ethyl adjacent to an activating group) is 1. The Morgan fingerprint density at radius 1 is 1.14 bits per heavy atom. The van der Waals surface area contributed by atoms with Crippen LogP contribution in [-0.4, -0.2) is 61.1 Å². The van der Waals surface area contributed by atoms with E-state index in [9.17, 15) is 4.79 Å². The van der Waals surface area contributed by atoms with Crippen molar-refractivity contribution in [2.75, 3.05) is 39.8 Å². The Balaban J connectivity index is 2.15. The Hall–Kier alpha value is -0.610. The Morgan fingerprint density at radius 2 is 1.81 bits per heavy atom. The zero-order valence-corrected chi connectivity index (χ0v) is 14.3. The van der Waals surface area contributed by atoms with Gasteiger partial charge in [0, 0.05) is 31.7 Å². The number of rotatable bonds is 4. The molecule has 0 radical (unpaired) electrons. The molecular formula is C17H32N2O2. The van der Waals surface area contributed by atoms with Crippen molar-refractivity contribution < 1.29 is 9.53 Å². The van der Waals surface area contributed by atoms with Crippen molar-refractivity contribution in [3.8, 4) is 0 Å². The van der Waals surface area contributed by atoms with E-state index in [2.05, 4.69) is 30.7 Å². The molecule has 4 heteroatoms. The molecule has 0 aromatic rings. The topological polar surface area (TPSA) is 32.8 Å². The normalized spacial score (nSPS) is 31.0. The average molecular weight is 296 g/mol. The van der Waals surface area contributed by atoms with Gasteiger partial charge in [0.1, 0.15) is 0 Å². The van der Waals surface area contributed by atoms with Crippen molar-refractivity contribution in [2.24, 2.45) is 5.41 Å². The summed E-state index contributed by atoms with van der Waals surface area (Å²) in [6.07, 6.45) is 5.31. The second-order valence-corrected chi connectivity index (χ2v) is 7.69. The van der Waals surface area contributed by atoms with Gasteiger partial charge in [0.2, 0.25) is 0 Å². The Kier molecular flexibility index (Phi) is 5.31. The number of hydrogen-bond acceptors (Lipinski definition) is 4. The summed E-state index contributed by atoms with van der Waals surface area (Å²) in [5.74, 6) is -0.0193. The number of carbonyl (C=O) groups excluding carboxylic acids is 1. The van der Waals surface area contributed by atoms with Crippen molar-refractivity contribution in [3.63, 3.8) is 0 Å². The first-order valence-electron chi connectivity index (χ1n) is 8.46. The highest BCUT2D eigenvalue weighted by Crippen LogP contribution is 2.46. The molecule has 2 rings (SSSR count). The van der Waals surface area contributed by atoms with E-state index in [4.69, 9.17) is 4.74 Å². The van der Waals surface area contributed by atoms with E-state index >= 15 is 0 Å². The Morgan fingerprint density at radius 3 is 2.38 bits per heavy atom. The molecule has 4 nitrogen and oxygen atoms in total. The summed E-state index contributed by atoms with van der Waals surface area (Å²) < 4.78 is 5.27. The first-order valence-corrected chi connectivity index (χ1v) is 8.46. The summed E-state index contributed by atoms with van der Waals surface area (Å²) in [4.78, 5) is 17.1. The maximum Gasteiger partial charge on any atom is 0.307 e. The third-order valence-corrected chi connectivity index (χ3v) is 5.26. The highest BCUT2D eigenvalue weighted by Gasteiger charge is 2.46. The molecule has 1 atom stereocenters. The minimum absolute atomic E-state index is 0.0193. The van der Waals surface area contributed by atoms with Gasteiger partial charge in [-0.15, -0.1) is 0 Å². The van der Waals surface area contributed by atoms with Crippen LogP contribution in [0.1, 0.15) is 52.9 Å². The van der Waals surface area contributed by atoms with E-state index in [-0.39, 0.29) is 11.5 Å². The van der Waals surface area contributed by atoms with E-state index in [0.717, 1.165) is 39.0 Å². The quantitative estimate of drug-likeness (QED) is 0.746. The van der Waals surface area contributed by atoms with Gasteiger partial charge in [-0.2, -0.15) is 0 Å². The van der Waals surface area contributed by atoms with Gasteiger partial charge < -0.3 is 9.64 Å². The zero-order valence-electron chi connectivity index (χ0n) is 14.3. The molecule has 0 aromatic heterocycles. The summed E-state index contributed by atoms with van der Waals surface area (Å²) in [6.45, 7) is 11.4. The van der Waals surface area contributed by atoms with E-state index in [1.54, 1.807) is 0 Å². The highest BCUT2D eigenvalue weighted by atomic mass is 16.5. The molecule has 122 valence electrons. The fraction of sp³-hybridized carbons (Fsp3) is 0.941. The monoisotopic (exact) mass is 296 g/mol. The lowest BCUT2D eigenvalue weighted by atomic mass is 9.66. The van der Waals surface area contributed by atoms with E-state index < -0.39 is 0 Å². The molecule has 2 fully saturated rings. The molecule has 1 unspecified atom stereocenters. The van der Waals surface area contributed by atoms with Gasteiger partial charge in [-0.05, 0) is 38.6 Å². The molecule has 21 heavy (non-hydrogen) atoms. The van der Waals surface area contributed by atoms with Crippen LogP contribution in [0.4, 0.5) is 0 Å². The molecule has 0 amide bonds. The molecule has 0 aromatic carbocycles. The van der Waals surface area contributed by atoms with Gasteiger partial charge in [0.25, 0.3) is 0 Å². The van der Waals surface area contributed by atoms with Gasteiger partial charge in [0.05, 0.1) is 13.0 Å². The summed E-state index contributed by atoms with van der Waals surface area (Å²) in [7, 11) is 2.18. The first kappa shape index (κ1) is 16.8. The summed E-state index contributed by atoms with van der Waals surface area (Å²) in [5.41, 5.74) is 0.351. The summed E-state index contributed by atoms with van der Waals surface area (Å²) in [6, 6.07) is 0. The Labute approximate surface area is 129 Å². The minimum Gasteiger partial charge on any atom is -0.466 e. The van der Waals surface area contributed by atoms with Crippen molar-refractivity contribution >= 4 is 5.97 Å². The largest absolute Gasteiger partial charge is 0.466 e. The van der Waals surface area contributed by atoms with Crippen LogP contribution in [0.3, 0.4) is 0 Å². The standard InChI is InChI=1S/C17H32N2O2/c1-5-21-15(20)13-17(8-6-7-16(2,3)14-17)19-11-9-18(4)10-12-19/h5-14H2,1-4H3. The second-order valence-electron chi connectivity index (χ2n) is 7.69. The minimum atomic E-state index is -0.0193. The van der Waals surface area contributed by atoms with Gasteiger partial charge >= 0.3 is 5.97 Å².